The standard InChI is InChI=1S/C20H19N5O4/c1-13(9-18(26)22-15-6-3-5-14(10-15)12-21)24-25-20(28)19(27)23-16-7-4-8-17(11-16)29-2/h3-8,10-11H,9H2,1-2H3,(H,22,26)(H,23,27)(H,25,28). The highest BCUT2D eigenvalue weighted by Crippen LogP contribution is 2.16. The number of carbonyl (C=O) groups is 3. The van der Waals surface area contributed by atoms with Crippen LogP contribution in [0.25, 0.3) is 0 Å². The molecule has 0 atom stereocenters. The van der Waals surface area contributed by atoms with Crippen molar-refractivity contribution in [1.29, 1.82) is 5.26 Å². The highest BCUT2D eigenvalue weighted by Gasteiger charge is 2.14. The van der Waals surface area contributed by atoms with Gasteiger partial charge in [0.2, 0.25) is 5.91 Å². The number of hydrogen-bond donors (Lipinski definition) is 3. The van der Waals surface area contributed by atoms with Crippen molar-refractivity contribution >= 4 is 34.8 Å². The average Bonchev–Trinajstić information content (AvgIpc) is 2.72. The van der Waals surface area contributed by atoms with Crippen LogP contribution in [0.5, 0.6) is 5.75 Å². The normalized spacial score (nSPS) is 10.4. The Kier molecular flexibility index (Phi) is 7.44. The smallest absolute Gasteiger partial charge is 0.329 e. The quantitative estimate of drug-likeness (QED) is 0.392. The van der Waals surface area contributed by atoms with Crippen molar-refractivity contribution in [3.63, 3.8) is 0 Å². The molecule has 148 valence electrons. The number of nitrogens with zero attached hydrogens (tertiary/aromatic N) is 2. The number of nitrogens with one attached hydrogen (secondary N) is 3. The third-order valence-electron chi connectivity index (χ3n) is 3.57. The van der Waals surface area contributed by atoms with Crippen molar-refractivity contribution < 1.29 is 19.1 Å². The van der Waals surface area contributed by atoms with E-state index in [9.17, 15) is 14.4 Å². The van der Waals surface area contributed by atoms with E-state index in [1.54, 1.807) is 42.5 Å². The van der Waals surface area contributed by atoms with Gasteiger partial charge in [-0.15, -0.1) is 0 Å². The number of amides is 3. The molecule has 0 aliphatic rings. The summed E-state index contributed by atoms with van der Waals surface area (Å²) in [4.78, 5) is 35.8. The van der Waals surface area contributed by atoms with E-state index in [1.165, 1.54) is 20.1 Å². The van der Waals surface area contributed by atoms with E-state index in [2.05, 4.69) is 21.2 Å². The molecule has 0 aliphatic carbocycles. The minimum Gasteiger partial charge on any atom is -0.497 e. The van der Waals surface area contributed by atoms with Crippen LogP contribution in [0.4, 0.5) is 11.4 Å². The summed E-state index contributed by atoms with van der Waals surface area (Å²) >= 11 is 0. The number of benzene rings is 2. The molecule has 0 fully saturated rings. The summed E-state index contributed by atoms with van der Waals surface area (Å²) in [6.45, 7) is 1.53. The minimum atomic E-state index is -0.978. The second kappa shape index (κ2) is 10.2. The van der Waals surface area contributed by atoms with E-state index in [0.29, 0.717) is 28.4 Å². The maximum Gasteiger partial charge on any atom is 0.329 e. The van der Waals surface area contributed by atoms with Crippen LogP contribution in [0, 0.1) is 11.3 Å². The van der Waals surface area contributed by atoms with E-state index < -0.39 is 11.8 Å². The van der Waals surface area contributed by atoms with E-state index in [0.717, 1.165) is 0 Å². The monoisotopic (exact) mass is 393 g/mol. The molecular formula is C20H19N5O4. The van der Waals surface area contributed by atoms with E-state index in [-0.39, 0.29) is 12.3 Å². The Hall–Kier alpha value is -4.19. The van der Waals surface area contributed by atoms with Gasteiger partial charge >= 0.3 is 11.8 Å². The molecule has 2 aromatic carbocycles. The van der Waals surface area contributed by atoms with Gasteiger partial charge in [0, 0.05) is 23.2 Å². The van der Waals surface area contributed by atoms with Gasteiger partial charge in [-0.1, -0.05) is 12.1 Å². The molecule has 0 saturated carbocycles. The third-order valence-corrected chi connectivity index (χ3v) is 3.57. The van der Waals surface area contributed by atoms with Gasteiger partial charge in [-0.05, 0) is 37.3 Å². The molecule has 0 aromatic heterocycles. The predicted octanol–water partition coefficient (Wildman–Crippen LogP) is 2.03. The number of carbonyl (C=O) groups excluding carboxylic acids is 3. The van der Waals surface area contributed by atoms with Crippen molar-refractivity contribution in [3.05, 3.63) is 54.1 Å². The maximum atomic E-state index is 12.0. The fourth-order valence-electron chi connectivity index (χ4n) is 2.23. The van der Waals surface area contributed by atoms with Gasteiger partial charge in [0.1, 0.15) is 5.75 Å². The Morgan fingerprint density at radius 2 is 1.72 bits per heavy atom. The van der Waals surface area contributed by atoms with Gasteiger partial charge in [0.25, 0.3) is 0 Å². The summed E-state index contributed by atoms with van der Waals surface area (Å²) in [7, 11) is 1.49. The Morgan fingerprint density at radius 3 is 2.41 bits per heavy atom. The molecule has 9 nitrogen and oxygen atoms in total. The van der Waals surface area contributed by atoms with E-state index in [4.69, 9.17) is 10.00 Å². The molecule has 0 unspecified atom stereocenters. The first kappa shape index (κ1) is 21.1. The number of hydrogen-bond acceptors (Lipinski definition) is 6. The first-order chi connectivity index (χ1) is 13.9. The van der Waals surface area contributed by atoms with Gasteiger partial charge < -0.3 is 15.4 Å². The molecule has 3 amide bonds. The van der Waals surface area contributed by atoms with Gasteiger partial charge in [-0.2, -0.15) is 10.4 Å². The highest BCUT2D eigenvalue weighted by atomic mass is 16.5. The molecule has 0 saturated heterocycles. The van der Waals surface area contributed by atoms with Crippen LogP contribution in [0.1, 0.15) is 18.9 Å². The van der Waals surface area contributed by atoms with Crippen LogP contribution in [0.3, 0.4) is 0 Å². The molecule has 2 rings (SSSR count). The lowest BCUT2D eigenvalue weighted by molar-refractivity contribution is -0.136. The molecule has 0 heterocycles. The van der Waals surface area contributed by atoms with Crippen molar-refractivity contribution in [1.82, 2.24) is 5.43 Å². The number of rotatable bonds is 6. The Bertz CT molecular complexity index is 994. The topological polar surface area (TPSA) is 133 Å². The fraction of sp³-hybridized carbons (Fsp3) is 0.150. The molecule has 0 spiro atoms. The van der Waals surface area contributed by atoms with Crippen molar-refractivity contribution in [2.24, 2.45) is 5.10 Å². The Balaban J connectivity index is 1.85. The van der Waals surface area contributed by atoms with Crippen LogP contribution in [-0.2, 0) is 14.4 Å². The fourth-order valence-corrected chi connectivity index (χ4v) is 2.23. The molecule has 0 aliphatic heterocycles. The molecule has 29 heavy (non-hydrogen) atoms. The summed E-state index contributed by atoms with van der Waals surface area (Å²) in [6.07, 6.45) is -0.103. The summed E-state index contributed by atoms with van der Waals surface area (Å²) < 4.78 is 5.04. The van der Waals surface area contributed by atoms with Crippen molar-refractivity contribution in [2.45, 2.75) is 13.3 Å². The van der Waals surface area contributed by atoms with Crippen molar-refractivity contribution in [2.75, 3.05) is 17.7 Å². The maximum absolute atomic E-state index is 12.0. The zero-order valence-electron chi connectivity index (χ0n) is 15.9. The number of anilines is 2. The molecule has 3 N–H and O–H groups in total. The van der Waals surface area contributed by atoms with Gasteiger partial charge in [0.05, 0.1) is 25.2 Å². The van der Waals surface area contributed by atoms with E-state index in [1.807, 2.05) is 6.07 Å². The second-order valence-corrected chi connectivity index (χ2v) is 5.89. The van der Waals surface area contributed by atoms with Crippen LogP contribution in [0.2, 0.25) is 0 Å². The number of methoxy groups -OCH3 is 1. The van der Waals surface area contributed by atoms with Crippen molar-refractivity contribution in [3.8, 4) is 11.8 Å². The van der Waals surface area contributed by atoms with Crippen LogP contribution in [-0.4, -0.2) is 30.5 Å². The van der Waals surface area contributed by atoms with Gasteiger partial charge in [-0.3, -0.25) is 14.4 Å². The summed E-state index contributed by atoms with van der Waals surface area (Å²) in [6, 6.07) is 15.0. The zero-order chi connectivity index (χ0) is 21.2. The molecule has 0 bridgehead atoms. The molecular weight excluding hydrogens is 374 g/mol. The summed E-state index contributed by atoms with van der Waals surface area (Å²) in [5.41, 5.74) is 3.68. The SMILES string of the molecule is COc1cccc(NC(=O)C(=O)NN=C(C)CC(=O)Nc2cccc(C#N)c2)c1. The second-order valence-electron chi connectivity index (χ2n) is 5.89. The lowest BCUT2D eigenvalue weighted by Gasteiger charge is -2.07. The molecule has 9 heteroatoms. The Morgan fingerprint density at radius 1 is 1.03 bits per heavy atom. The third kappa shape index (κ3) is 6.80. The lowest BCUT2D eigenvalue weighted by atomic mass is 10.2. The minimum absolute atomic E-state index is 0.103. The highest BCUT2D eigenvalue weighted by molar-refractivity contribution is 6.39. The molecule has 2 aromatic rings. The Labute approximate surface area is 167 Å². The number of hydrazone groups is 1. The van der Waals surface area contributed by atoms with Crippen LogP contribution < -0.4 is 20.8 Å². The zero-order valence-corrected chi connectivity index (χ0v) is 15.9. The van der Waals surface area contributed by atoms with Crippen LogP contribution in [0.15, 0.2) is 53.6 Å². The van der Waals surface area contributed by atoms with E-state index >= 15 is 0 Å². The average molecular weight is 393 g/mol. The first-order valence-electron chi connectivity index (χ1n) is 8.50. The summed E-state index contributed by atoms with van der Waals surface area (Å²) in [5.74, 6) is -1.73. The molecule has 0 radical (unpaired) electrons. The lowest BCUT2D eigenvalue weighted by Crippen LogP contribution is -2.33. The number of ether oxygens (including phenoxy) is 1. The summed E-state index contributed by atoms with van der Waals surface area (Å²) in [5, 5.41) is 17.7. The predicted molar refractivity (Wildman–Crippen MR) is 107 cm³/mol. The van der Waals surface area contributed by atoms with Crippen LogP contribution >= 0.6 is 0 Å². The largest absolute Gasteiger partial charge is 0.497 e. The van der Waals surface area contributed by atoms with Gasteiger partial charge in [-0.25, -0.2) is 5.43 Å². The number of nitriles is 1. The first-order valence-corrected chi connectivity index (χ1v) is 8.50. The van der Waals surface area contributed by atoms with Gasteiger partial charge in [0.15, 0.2) is 0 Å².